The Hall–Kier alpha value is -2.73. The average molecular weight is 342 g/mol. The second kappa shape index (κ2) is 6.80. The molecule has 0 atom stereocenters. The van der Waals surface area contributed by atoms with E-state index < -0.39 is 0 Å². The van der Waals surface area contributed by atoms with E-state index in [0.717, 1.165) is 22.4 Å². The zero-order chi connectivity index (χ0) is 17.1. The summed E-state index contributed by atoms with van der Waals surface area (Å²) in [5.74, 6) is 0.245. The number of aromatic nitrogens is 4. The van der Waals surface area contributed by atoms with Crippen molar-refractivity contribution in [3.05, 3.63) is 58.6 Å². The third-order valence-electron chi connectivity index (χ3n) is 3.51. The Kier molecular flexibility index (Phi) is 4.57. The molecule has 1 heterocycles. The lowest BCUT2D eigenvalue weighted by atomic mass is 10.1. The van der Waals surface area contributed by atoms with Crippen LogP contribution >= 0.6 is 11.6 Å². The summed E-state index contributed by atoms with van der Waals surface area (Å²) in [5.41, 5.74) is 3.67. The first-order chi connectivity index (χ1) is 11.5. The number of carbonyl (C=O) groups is 1. The fourth-order valence-corrected chi connectivity index (χ4v) is 2.34. The van der Waals surface area contributed by atoms with Crippen LogP contribution in [0.15, 0.2) is 42.5 Å². The van der Waals surface area contributed by atoms with E-state index in [1.165, 1.54) is 4.80 Å². The molecular weight excluding hydrogens is 326 g/mol. The van der Waals surface area contributed by atoms with Gasteiger partial charge in [0.15, 0.2) is 0 Å². The van der Waals surface area contributed by atoms with Crippen molar-refractivity contribution in [2.75, 3.05) is 5.32 Å². The van der Waals surface area contributed by atoms with Crippen LogP contribution in [0.25, 0.3) is 11.4 Å². The molecule has 0 bridgehead atoms. The van der Waals surface area contributed by atoms with Gasteiger partial charge in [-0.25, -0.2) is 0 Å². The van der Waals surface area contributed by atoms with Gasteiger partial charge in [0.05, 0.1) is 0 Å². The van der Waals surface area contributed by atoms with Crippen LogP contribution in [0, 0.1) is 13.8 Å². The summed E-state index contributed by atoms with van der Waals surface area (Å²) in [4.78, 5) is 13.4. The van der Waals surface area contributed by atoms with Gasteiger partial charge in [0.2, 0.25) is 11.7 Å². The minimum Gasteiger partial charge on any atom is -0.324 e. The van der Waals surface area contributed by atoms with Crippen molar-refractivity contribution in [3.8, 4) is 11.4 Å². The third-order valence-corrected chi connectivity index (χ3v) is 3.76. The molecule has 2 aromatic carbocycles. The van der Waals surface area contributed by atoms with Crippen molar-refractivity contribution in [2.24, 2.45) is 0 Å². The molecule has 0 radical (unpaired) electrons. The first kappa shape index (κ1) is 16.1. The molecule has 0 aliphatic carbocycles. The van der Waals surface area contributed by atoms with E-state index in [1.807, 2.05) is 32.0 Å². The first-order valence-corrected chi connectivity index (χ1v) is 7.80. The second-order valence-electron chi connectivity index (χ2n) is 5.52. The molecule has 0 unspecified atom stereocenters. The molecule has 6 nitrogen and oxygen atoms in total. The molecule has 1 aromatic heterocycles. The summed E-state index contributed by atoms with van der Waals surface area (Å²) in [6, 6.07) is 13.0. The lowest BCUT2D eigenvalue weighted by Gasteiger charge is -2.08. The van der Waals surface area contributed by atoms with Crippen LogP contribution < -0.4 is 5.32 Å². The standard InChI is InChI=1S/C17H16ClN5O/c1-11-3-4-12(2)15(9-11)19-16(24)10-23-21-17(20-22-23)13-5-7-14(18)8-6-13/h3-9H,10H2,1-2H3,(H,19,24). The van der Waals surface area contributed by atoms with Crippen LogP contribution in [0.3, 0.4) is 0 Å². The lowest BCUT2D eigenvalue weighted by Crippen LogP contribution is -2.21. The van der Waals surface area contributed by atoms with Crippen LogP contribution in [0.4, 0.5) is 5.69 Å². The highest BCUT2D eigenvalue weighted by molar-refractivity contribution is 6.30. The van der Waals surface area contributed by atoms with Crippen LogP contribution in [0.2, 0.25) is 5.02 Å². The maximum atomic E-state index is 12.2. The minimum absolute atomic E-state index is 0.00598. The SMILES string of the molecule is Cc1ccc(C)c(NC(=O)Cn2nnc(-c3ccc(Cl)cc3)n2)c1. The highest BCUT2D eigenvalue weighted by Crippen LogP contribution is 2.18. The van der Waals surface area contributed by atoms with Gasteiger partial charge in [-0.05, 0) is 60.5 Å². The van der Waals surface area contributed by atoms with Crippen molar-refractivity contribution in [2.45, 2.75) is 20.4 Å². The van der Waals surface area contributed by atoms with E-state index in [0.29, 0.717) is 10.8 Å². The van der Waals surface area contributed by atoms with Crippen molar-refractivity contribution in [1.29, 1.82) is 0 Å². The van der Waals surface area contributed by atoms with Crippen LogP contribution in [-0.2, 0) is 11.3 Å². The predicted octanol–water partition coefficient (Wildman–Crippen LogP) is 3.25. The number of nitrogens with zero attached hydrogens (tertiary/aromatic N) is 4. The number of carbonyl (C=O) groups excluding carboxylic acids is 1. The van der Waals surface area contributed by atoms with Crippen molar-refractivity contribution < 1.29 is 4.79 Å². The third kappa shape index (κ3) is 3.78. The van der Waals surface area contributed by atoms with Crippen molar-refractivity contribution in [1.82, 2.24) is 20.2 Å². The van der Waals surface area contributed by atoms with Gasteiger partial charge in [0.1, 0.15) is 6.54 Å². The molecule has 1 N–H and O–H groups in total. The highest BCUT2D eigenvalue weighted by Gasteiger charge is 2.10. The Morgan fingerprint density at radius 3 is 2.67 bits per heavy atom. The molecule has 3 rings (SSSR count). The van der Waals surface area contributed by atoms with Crippen molar-refractivity contribution >= 4 is 23.2 Å². The van der Waals surface area contributed by atoms with Gasteiger partial charge in [-0.1, -0.05) is 23.7 Å². The average Bonchev–Trinajstić information content (AvgIpc) is 3.00. The molecule has 24 heavy (non-hydrogen) atoms. The van der Waals surface area contributed by atoms with Gasteiger partial charge in [-0.2, -0.15) is 4.80 Å². The minimum atomic E-state index is -0.205. The van der Waals surface area contributed by atoms with Crippen molar-refractivity contribution in [3.63, 3.8) is 0 Å². The maximum Gasteiger partial charge on any atom is 0.248 e. The Balaban J connectivity index is 1.69. The zero-order valence-electron chi connectivity index (χ0n) is 13.3. The summed E-state index contributed by atoms with van der Waals surface area (Å²) in [7, 11) is 0. The molecule has 0 aliphatic rings. The largest absolute Gasteiger partial charge is 0.324 e. The molecule has 0 spiro atoms. The number of halogens is 1. The summed E-state index contributed by atoms with van der Waals surface area (Å²) in [6.07, 6.45) is 0. The number of tetrazole rings is 1. The van der Waals surface area contributed by atoms with Gasteiger partial charge < -0.3 is 5.32 Å². The molecule has 1 amide bonds. The van der Waals surface area contributed by atoms with Gasteiger partial charge in [-0.15, -0.1) is 10.2 Å². The predicted molar refractivity (Wildman–Crippen MR) is 92.8 cm³/mol. The van der Waals surface area contributed by atoms with Gasteiger partial charge in [0.25, 0.3) is 0 Å². The van der Waals surface area contributed by atoms with E-state index in [2.05, 4.69) is 20.7 Å². The molecule has 0 saturated carbocycles. The molecule has 3 aromatic rings. The normalized spacial score (nSPS) is 10.6. The summed E-state index contributed by atoms with van der Waals surface area (Å²) >= 11 is 5.86. The van der Waals surface area contributed by atoms with E-state index in [1.54, 1.807) is 24.3 Å². The number of benzene rings is 2. The van der Waals surface area contributed by atoms with E-state index in [9.17, 15) is 4.79 Å². The summed E-state index contributed by atoms with van der Waals surface area (Å²) in [6.45, 7) is 3.92. The fourth-order valence-electron chi connectivity index (χ4n) is 2.21. The van der Waals surface area contributed by atoms with Gasteiger partial charge >= 0.3 is 0 Å². The Labute approximate surface area is 144 Å². The number of rotatable bonds is 4. The molecule has 7 heteroatoms. The topological polar surface area (TPSA) is 72.7 Å². The second-order valence-corrected chi connectivity index (χ2v) is 5.95. The van der Waals surface area contributed by atoms with Crippen LogP contribution in [0.1, 0.15) is 11.1 Å². The number of aryl methyl sites for hydroxylation is 2. The lowest BCUT2D eigenvalue weighted by molar-refractivity contribution is -0.117. The van der Waals surface area contributed by atoms with Crippen LogP contribution in [0.5, 0.6) is 0 Å². The van der Waals surface area contributed by atoms with Crippen LogP contribution in [-0.4, -0.2) is 26.1 Å². The zero-order valence-corrected chi connectivity index (χ0v) is 14.1. The summed E-state index contributed by atoms with van der Waals surface area (Å²) in [5, 5.41) is 15.6. The smallest absolute Gasteiger partial charge is 0.248 e. The Morgan fingerprint density at radius 2 is 1.92 bits per heavy atom. The number of amides is 1. The highest BCUT2D eigenvalue weighted by atomic mass is 35.5. The Morgan fingerprint density at radius 1 is 1.17 bits per heavy atom. The Bertz CT molecular complexity index is 873. The monoisotopic (exact) mass is 341 g/mol. The summed E-state index contributed by atoms with van der Waals surface area (Å²) < 4.78 is 0. The van der Waals surface area contributed by atoms with E-state index in [4.69, 9.17) is 11.6 Å². The number of hydrogen-bond acceptors (Lipinski definition) is 4. The number of anilines is 1. The molecule has 0 fully saturated rings. The number of nitrogens with one attached hydrogen (secondary N) is 1. The molecule has 122 valence electrons. The quantitative estimate of drug-likeness (QED) is 0.790. The number of hydrogen-bond donors (Lipinski definition) is 1. The maximum absolute atomic E-state index is 12.2. The van der Waals surface area contributed by atoms with Gasteiger partial charge in [0, 0.05) is 16.3 Å². The molecular formula is C17H16ClN5O. The van der Waals surface area contributed by atoms with E-state index >= 15 is 0 Å². The van der Waals surface area contributed by atoms with E-state index in [-0.39, 0.29) is 12.5 Å². The van der Waals surface area contributed by atoms with Gasteiger partial charge in [-0.3, -0.25) is 4.79 Å². The molecule has 0 saturated heterocycles. The molecule has 0 aliphatic heterocycles. The fraction of sp³-hybridized carbons (Fsp3) is 0.176. The first-order valence-electron chi connectivity index (χ1n) is 7.42.